The zero-order valence-corrected chi connectivity index (χ0v) is 11.9. The van der Waals surface area contributed by atoms with E-state index in [0.717, 1.165) is 0 Å². The minimum Gasteiger partial charge on any atom is -0.300 e. The van der Waals surface area contributed by atoms with Gasteiger partial charge in [0.2, 0.25) is 0 Å². The Kier molecular flexibility index (Phi) is 13.4. The van der Waals surface area contributed by atoms with Crippen LogP contribution >= 0.6 is 7.82 Å². The van der Waals surface area contributed by atoms with Gasteiger partial charge >= 0.3 is 7.82 Å². The summed E-state index contributed by atoms with van der Waals surface area (Å²) < 4.78 is 26.3. The van der Waals surface area contributed by atoms with Crippen molar-refractivity contribution in [3.63, 3.8) is 0 Å². The summed E-state index contributed by atoms with van der Waals surface area (Å²) in [6.45, 7) is 13.6. The smallest absolute Gasteiger partial charge is 0.300 e. The molecule has 0 N–H and O–H groups in total. The van der Waals surface area contributed by atoms with Gasteiger partial charge in [-0.2, -0.15) is 0 Å². The summed E-state index contributed by atoms with van der Waals surface area (Å²) in [4.78, 5) is 9.44. The van der Waals surface area contributed by atoms with E-state index in [1.165, 1.54) is 32.1 Å². The fourth-order valence-electron chi connectivity index (χ4n) is 0.544. The lowest BCUT2D eigenvalue weighted by molar-refractivity contribution is -0.114. The Labute approximate surface area is 109 Å². The van der Waals surface area contributed by atoms with Crippen LogP contribution in [0.3, 0.4) is 0 Å². The Hall–Kier alpha value is -1.00. The van der Waals surface area contributed by atoms with Crippen molar-refractivity contribution in [2.75, 3.05) is 19.8 Å². The van der Waals surface area contributed by atoms with E-state index < -0.39 is 7.82 Å². The molecular weight excluding hydrogens is 255 g/mol. The topological polar surface area (TPSA) is 61.8 Å². The largest absolute Gasteiger partial charge is 0.475 e. The zero-order valence-electron chi connectivity index (χ0n) is 11.0. The number of carbonyl (C=O) groups is 1. The molecule has 0 aromatic heterocycles. The van der Waals surface area contributed by atoms with Crippen LogP contribution in [0.5, 0.6) is 0 Å². The minimum atomic E-state index is -3.48. The first-order valence-electron chi connectivity index (χ1n) is 5.25. The Bertz CT molecular complexity index is 270. The number of phosphoric acid groups is 1. The molecule has 0 amide bonds. The first-order chi connectivity index (χ1) is 8.41. The molecule has 0 heterocycles. The van der Waals surface area contributed by atoms with Gasteiger partial charge in [-0.3, -0.25) is 13.6 Å². The molecule has 0 aliphatic heterocycles. The zero-order chi connectivity index (χ0) is 14.4. The highest BCUT2D eigenvalue weighted by Gasteiger charge is 2.24. The lowest BCUT2D eigenvalue weighted by Crippen LogP contribution is -2.00. The second-order valence-electron chi connectivity index (χ2n) is 3.11. The third kappa shape index (κ3) is 15.0. The lowest BCUT2D eigenvalue weighted by Gasteiger charge is -2.15. The molecule has 0 aromatic rings. The summed E-state index contributed by atoms with van der Waals surface area (Å²) in [5, 5.41) is 0. The molecule has 0 unspecified atom stereocenters. The molecule has 0 bridgehead atoms. The van der Waals surface area contributed by atoms with Crippen LogP contribution in [0.1, 0.15) is 13.8 Å². The Morgan fingerprint density at radius 3 is 1.33 bits per heavy atom. The molecule has 104 valence electrons. The van der Waals surface area contributed by atoms with Crippen LogP contribution in [0.25, 0.3) is 0 Å². The molecule has 0 rings (SSSR count). The van der Waals surface area contributed by atoms with Crippen molar-refractivity contribution >= 4 is 13.6 Å². The van der Waals surface area contributed by atoms with Gasteiger partial charge in [0.25, 0.3) is 0 Å². The third-order valence-electron chi connectivity index (χ3n) is 1.05. The standard InChI is InChI=1S/C9H15O4P.C3H6O/c1-4-7-11-14(10,12-8-5-2)13-9-6-3;1-3(2)4/h4-6H,1-3,7-9H2;1-2H3. The number of rotatable bonds is 9. The fraction of sp³-hybridized carbons (Fsp3) is 0.417. The monoisotopic (exact) mass is 276 g/mol. The van der Waals surface area contributed by atoms with Gasteiger partial charge in [-0.05, 0) is 13.8 Å². The highest BCUT2D eigenvalue weighted by atomic mass is 31.2. The van der Waals surface area contributed by atoms with Gasteiger partial charge in [0, 0.05) is 0 Å². The van der Waals surface area contributed by atoms with E-state index in [1.807, 2.05) is 0 Å². The number of ketones is 1. The van der Waals surface area contributed by atoms with Gasteiger partial charge in [0.15, 0.2) is 0 Å². The van der Waals surface area contributed by atoms with Crippen LogP contribution < -0.4 is 0 Å². The Morgan fingerprint density at radius 2 is 1.17 bits per heavy atom. The summed E-state index contributed by atoms with van der Waals surface area (Å²) in [7, 11) is -3.48. The predicted octanol–water partition coefficient (Wildman–Crippen LogP) is 3.30. The summed E-state index contributed by atoms with van der Waals surface area (Å²) in [5.74, 6) is 0.167. The van der Waals surface area contributed by atoms with E-state index in [9.17, 15) is 9.36 Å². The fourth-order valence-corrected chi connectivity index (χ4v) is 1.63. The summed E-state index contributed by atoms with van der Waals surface area (Å²) in [6, 6.07) is 0. The Morgan fingerprint density at radius 1 is 0.944 bits per heavy atom. The van der Waals surface area contributed by atoms with E-state index in [-0.39, 0.29) is 25.6 Å². The molecule has 0 saturated heterocycles. The molecule has 18 heavy (non-hydrogen) atoms. The van der Waals surface area contributed by atoms with E-state index >= 15 is 0 Å². The molecule has 0 radical (unpaired) electrons. The number of phosphoric ester groups is 1. The van der Waals surface area contributed by atoms with Gasteiger partial charge in [0.05, 0.1) is 19.8 Å². The van der Waals surface area contributed by atoms with Crippen molar-refractivity contribution in [1.29, 1.82) is 0 Å². The number of hydrogen-bond acceptors (Lipinski definition) is 5. The van der Waals surface area contributed by atoms with Crippen molar-refractivity contribution in [3.8, 4) is 0 Å². The Balaban J connectivity index is 0. The van der Waals surface area contributed by atoms with Crippen LogP contribution in [0.4, 0.5) is 0 Å². The molecule has 0 spiro atoms. The highest BCUT2D eigenvalue weighted by molar-refractivity contribution is 7.48. The molecular formula is C12H21O5P. The molecule has 0 aliphatic carbocycles. The van der Waals surface area contributed by atoms with Gasteiger partial charge in [-0.1, -0.05) is 18.2 Å². The van der Waals surface area contributed by atoms with Crippen molar-refractivity contribution in [2.24, 2.45) is 0 Å². The molecule has 6 heteroatoms. The first kappa shape index (κ1) is 19.3. The van der Waals surface area contributed by atoms with Gasteiger partial charge in [0.1, 0.15) is 5.78 Å². The van der Waals surface area contributed by atoms with Crippen molar-refractivity contribution in [1.82, 2.24) is 0 Å². The van der Waals surface area contributed by atoms with Crippen LogP contribution in [0.15, 0.2) is 38.0 Å². The third-order valence-corrected chi connectivity index (χ3v) is 2.45. The SMILES string of the molecule is C=CCOP(=O)(OCC=C)OCC=C.CC(C)=O. The lowest BCUT2D eigenvalue weighted by atomic mass is 10.6. The average Bonchev–Trinajstić information content (AvgIpc) is 2.31. The second kappa shape index (κ2) is 12.5. The maximum absolute atomic E-state index is 11.7. The average molecular weight is 276 g/mol. The maximum Gasteiger partial charge on any atom is 0.475 e. The van der Waals surface area contributed by atoms with E-state index in [0.29, 0.717) is 0 Å². The van der Waals surface area contributed by atoms with Gasteiger partial charge < -0.3 is 4.79 Å². The second-order valence-corrected chi connectivity index (χ2v) is 4.78. The molecule has 0 fully saturated rings. The minimum absolute atomic E-state index is 0.103. The quantitative estimate of drug-likeness (QED) is 0.477. The molecule has 0 saturated carbocycles. The highest BCUT2D eigenvalue weighted by Crippen LogP contribution is 2.49. The molecule has 5 nitrogen and oxygen atoms in total. The van der Waals surface area contributed by atoms with E-state index in [4.69, 9.17) is 13.6 Å². The normalized spacial score (nSPS) is 9.89. The summed E-state index contributed by atoms with van der Waals surface area (Å²) in [6.07, 6.45) is 4.38. The van der Waals surface area contributed by atoms with Gasteiger partial charge in [-0.25, -0.2) is 4.57 Å². The summed E-state index contributed by atoms with van der Waals surface area (Å²) in [5.41, 5.74) is 0. The number of Topliss-reactive ketones (excluding diaryl/α,β-unsaturated/α-hetero) is 1. The van der Waals surface area contributed by atoms with Crippen LogP contribution in [-0.2, 0) is 22.9 Å². The van der Waals surface area contributed by atoms with Crippen LogP contribution in [0.2, 0.25) is 0 Å². The number of hydrogen-bond donors (Lipinski definition) is 0. The molecule has 0 atom stereocenters. The van der Waals surface area contributed by atoms with Crippen molar-refractivity contribution in [2.45, 2.75) is 13.8 Å². The van der Waals surface area contributed by atoms with Gasteiger partial charge in [-0.15, -0.1) is 19.7 Å². The van der Waals surface area contributed by atoms with Crippen molar-refractivity contribution in [3.05, 3.63) is 38.0 Å². The first-order valence-corrected chi connectivity index (χ1v) is 6.71. The van der Waals surface area contributed by atoms with Crippen molar-refractivity contribution < 1.29 is 22.9 Å². The van der Waals surface area contributed by atoms with Crippen LogP contribution in [-0.4, -0.2) is 25.6 Å². The number of carbonyl (C=O) groups excluding carboxylic acids is 1. The van der Waals surface area contributed by atoms with E-state index in [1.54, 1.807) is 0 Å². The predicted molar refractivity (Wildman–Crippen MR) is 72.4 cm³/mol. The summed E-state index contributed by atoms with van der Waals surface area (Å²) >= 11 is 0. The van der Waals surface area contributed by atoms with E-state index in [2.05, 4.69) is 19.7 Å². The van der Waals surface area contributed by atoms with Crippen LogP contribution in [0, 0.1) is 0 Å². The molecule has 0 aromatic carbocycles. The maximum atomic E-state index is 11.7. The molecule has 0 aliphatic rings.